The Labute approximate surface area is 41.7 Å². The van der Waals surface area contributed by atoms with E-state index in [0.717, 1.165) is 6.54 Å². The summed E-state index contributed by atoms with van der Waals surface area (Å²) in [5, 5.41) is 0. The van der Waals surface area contributed by atoms with Crippen LogP contribution in [-0.4, -0.2) is 12.6 Å². The molecular weight excluding hydrogens is 96.0 g/mol. The monoisotopic (exact) mass is 104 g/mol. The minimum atomic E-state index is 0.189. The van der Waals surface area contributed by atoms with Crippen molar-refractivity contribution >= 4 is 0 Å². The van der Waals surface area contributed by atoms with E-state index in [2.05, 4.69) is 16.1 Å². The molecule has 1 unspecified atom stereocenters. The topological polar surface area (TPSA) is 42.5 Å². The Morgan fingerprint density at radius 2 is 2.57 bits per heavy atom. The Hall–Kier alpha value is -0.160. The molecule has 0 amide bonds. The maximum atomic E-state index is 4.74. The van der Waals surface area contributed by atoms with Crippen molar-refractivity contribution in [1.29, 1.82) is 0 Å². The molecule has 0 aromatic heterocycles. The highest BCUT2D eigenvalue weighted by atomic mass is 17.0. The van der Waals surface area contributed by atoms with Crippen molar-refractivity contribution in [3.63, 3.8) is 0 Å². The minimum absolute atomic E-state index is 0.189. The van der Waals surface area contributed by atoms with Crippen LogP contribution in [0.5, 0.6) is 0 Å². The minimum Gasteiger partial charge on any atom is -0.271 e. The predicted molar refractivity (Wildman–Crippen MR) is 22.8 cm³/mol. The van der Waals surface area contributed by atoms with Crippen molar-refractivity contribution in [3.05, 3.63) is 0 Å². The van der Waals surface area contributed by atoms with Crippen LogP contribution in [0.3, 0.4) is 0 Å². The van der Waals surface area contributed by atoms with Crippen molar-refractivity contribution in [3.8, 4) is 0 Å². The second kappa shape index (κ2) is 2.23. The number of hydrogen-bond acceptors (Lipinski definition) is 4. The number of rotatable bonds is 0. The molecule has 0 saturated carbocycles. The summed E-state index contributed by atoms with van der Waals surface area (Å²) in [7, 11) is 0. The molecule has 1 saturated heterocycles. The second-order valence-electron chi connectivity index (χ2n) is 1.46. The van der Waals surface area contributed by atoms with Gasteiger partial charge in [-0.05, 0) is 6.92 Å². The van der Waals surface area contributed by atoms with Gasteiger partial charge in [0.25, 0.3) is 0 Å². The Bertz CT molecular complexity index is 52.9. The van der Waals surface area contributed by atoms with Gasteiger partial charge in [0.2, 0.25) is 0 Å². The first-order chi connectivity index (χ1) is 3.39. The molecule has 0 spiro atoms. The molecule has 1 aliphatic heterocycles. The molecule has 7 heavy (non-hydrogen) atoms. The first-order valence-electron chi connectivity index (χ1n) is 2.19. The predicted octanol–water partition coefficient (Wildman–Crippen LogP) is -0.654. The lowest BCUT2D eigenvalue weighted by Gasteiger charge is -2.18. The second-order valence-corrected chi connectivity index (χ2v) is 1.46. The largest absolute Gasteiger partial charge is 0.271 e. The molecule has 4 nitrogen and oxygen atoms in total. The lowest BCUT2D eigenvalue weighted by Crippen LogP contribution is -2.41. The van der Waals surface area contributed by atoms with Gasteiger partial charge in [-0.25, -0.2) is 0 Å². The van der Waals surface area contributed by atoms with Gasteiger partial charge in [0.05, 0.1) is 12.6 Å². The van der Waals surface area contributed by atoms with Crippen molar-refractivity contribution in [2.24, 2.45) is 0 Å². The Balaban J connectivity index is 2.12. The van der Waals surface area contributed by atoms with Gasteiger partial charge >= 0.3 is 0 Å². The van der Waals surface area contributed by atoms with Crippen LogP contribution in [0.15, 0.2) is 0 Å². The Morgan fingerprint density at radius 3 is 2.86 bits per heavy atom. The maximum Gasteiger partial charge on any atom is 0.0937 e. The molecule has 1 fully saturated rings. The molecule has 0 bridgehead atoms. The van der Waals surface area contributed by atoms with Gasteiger partial charge in [-0.15, -0.1) is 0 Å². The SMILES string of the molecule is CC1CNONO1. The zero-order valence-electron chi connectivity index (χ0n) is 4.10. The molecule has 2 N–H and O–H groups in total. The molecule has 0 radical (unpaired) electrons. The first-order valence-corrected chi connectivity index (χ1v) is 2.19. The van der Waals surface area contributed by atoms with E-state index in [1.807, 2.05) is 6.92 Å². The van der Waals surface area contributed by atoms with E-state index in [-0.39, 0.29) is 6.10 Å². The molecule has 1 aliphatic rings. The van der Waals surface area contributed by atoms with Crippen LogP contribution in [-0.2, 0) is 9.78 Å². The van der Waals surface area contributed by atoms with E-state index >= 15 is 0 Å². The van der Waals surface area contributed by atoms with Gasteiger partial charge in [-0.1, -0.05) is 5.64 Å². The van der Waals surface area contributed by atoms with Crippen molar-refractivity contribution < 1.29 is 9.78 Å². The highest BCUT2D eigenvalue weighted by molar-refractivity contribution is 4.47. The van der Waals surface area contributed by atoms with Gasteiger partial charge in [0.1, 0.15) is 0 Å². The number of nitrogens with one attached hydrogen (secondary N) is 2. The van der Waals surface area contributed by atoms with Crippen LogP contribution in [0.1, 0.15) is 6.92 Å². The zero-order valence-corrected chi connectivity index (χ0v) is 4.10. The molecule has 0 aromatic carbocycles. The van der Waals surface area contributed by atoms with E-state index in [0.29, 0.717) is 0 Å². The summed E-state index contributed by atoms with van der Waals surface area (Å²) in [6.07, 6.45) is 0.189. The Kier molecular flexibility index (Phi) is 1.59. The zero-order chi connectivity index (χ0) is 5.11. The molecule has 0 aromatic rings. The highest BCUT2D eigenvalue weighted by Crippen LogP contribution is 1.87. The van der Waals surface area contributed by atoms with E-state index < -0.39 is 0 Å². The van der Waals surface area contributed by atoms with E-state index in [4.69, 9.17) is 4.84 Å². The van der Waals surface area contributed by atoms with Crippen LogP contribution in [0.25, 0.3) is 0 Å². The normalized spacial score (nSPS) is 33.0. The lowest BCUT2D eigenvalue weighted by atomic mass is 10.4. The van der Waals surface area contributed by atoms with Gasteiger partial charge in [0.15, 0.2) is 0 Å². The van der Waals surface area contributed by atoms with Crippen molar-refractivity contribution in [1.82, 2.24) is 11.1 Å². The lowest BCUT2D eigenvalue weighted by molar-refractivity contribution is -0.267. The number of hydroxylamine groups is 1. The summed E-state index contributed by atoms with van der Waals surface area (Å²) in [5.74, 6) is 0. The first kappa shape index (κ1) is 4.99. The molecule has 4 heteroatoms. The Morgan fingerprint density at radius 1 is 1.71 bits per heavy atom. The maximum absolute atomic E-state index is 4.74. The fraction of sp³-hybridized carbons (Fsp3) is 1.00. The molecule has 1 heterocycles. The highest BCUT2D eigenvalue weighted by Gasteiger charge is 2.05. The third-order valence-electron chi connectivity index (χ3n) is 0.734. The summed E-state index contributed by atoms with van der Waals surface area (Å²) in [6, 6.07) is 0. The number of hydrogen-bond donors (Lipinski definition) is 2. The van der Waals surface area contributed by atoms with E-state index in [1.54, 1.807) is 0 Å². The van der Waals surface area contributed by atoms with Crippen LogP contribution in [0.2, 0.25) is 0 Å². The summed E-state index contributed by atoms with van der Waals surface area (Å²) in [4.78, 5) is 9.16. The quantitative estimate of drug-likeness (QED) is 0.428. The van der Waals surface area contributed by atoms with Crippen LogP contribution in [0, 0.1) is 0 Å². The summed E-state index contributed by atoms with van der Waals surface area (Å²) in [5.41, 5.74) is 4.82. The van der Waals surface area contributed by atoms with Crippen LogP contribution in [0.4, 0.5) is 0 Å². The van der Waals surface area contributed by atoms with E-state index in [1.165, 1.54) is 0 Å². The summed E-state index contributed by atoms with van der Waals surface area (Å²) in [6.45, 7) is 2.66. The van der Waals surface area contributed by atoms with Gasteiger partial charge in [-0.2, -0.15) is 10.4 Å². The molecule has 1 atom stereocenters. The summed E-state index contributed by atoms with van der Waals surface area (Å²) < 4.78 is 0. The average Bonchev–Trinajstić information content (AvgIpc) is 1.69. The van der Waals surface area contributed by atoms with Crippen LogP contribution >= 0.6 is 0 Å². The fourth-order valence-electron chi connectivity index (χ4n) is 0.336. The van der Waals surface area contributed by atoms with Gasteiger partial charge in [-0.3, -0.25) is 4.84 Å². The van der Waals surface area contributed by atoms with Crippen molar-refractivity contribution in [2.45, 2.75) is 13.0 Å². The average molecular weight is 104 g/mol. The van der Waals surface area contributed by atoms with Gasteiger partial charge < -0.3 is 0 Å². The molecule has 1 rings (SSSR count). The standard InChI is InChI=1S/C3H8N2O2/c1-3-2-4-7-5-6-3/h3-5H,2H2,1H3. The molecule has 0 aliphatic carbocycles. The third kappa shape index (κ3) is 1.40. The van der Waals surface area contributed by atoms with E-state index in [9.17, 15) is 0 Å². The fourth-order valence-corrected chi connectivity index (χ4v) is 0.336. The van der Waals surface area contributed by atoms with Crippen molar-refractivity contribution in [2.75, 3.05) is 6.54 Å². The van der Waals surface area contributed by atoms with Crippen LogP contribution < -0.4 is 11.1 Å². The third-order valence-corrected chi connectivity index (χ3v) is 0.734. The summed E-state index contributed by atoms with van der Waals surface area (Å²) >= 11 is 0. The molecular formula is C3H8N2O2. The van der Waals surface area contributed by atoms with Gasteiger partial charge in [0, 0.05) is 0 Å². The smallest absolute Gasteiger partial charge is 0.0937 e. The molecule has 42 valence electrons.